The minimum atomic E-state index is -3.67. The second-order valence-corrected chi connectivity index (χ2v) is 20.7. The van der Waals surface area contributed by atoms with Crippen molar-refractivity contribution >= 4 is 85.0 Å². The van der Waals surface area contributed by atoms with Gasteiger partial charge in [0.05, 0.1) is 23.1 Å². The third kappa shape index (κ3) is 14.9. The first-order valence-electron chi connectivity index (χ1n) is 18.4. The van der Waals surface area contributed by atoms with Gasteiger partial charge in [0.2, 0.25) is 20.0 Å². The highest BCUT2D eigenvalue weighted by molar-refractivity contribution is 7.89. The van der Waals surface area contributed by atoms with Crippen molar-refractivity contribution in [1.29, 1.82) is 0 Å². The molecular weight excluding hydrogens is 956 g/mol. The molecule has 4 aromatic rings. The zero-order chi connectivity index (χ0) is 46.2. The third-order valence-electron chi connectivity index (χ3n) is 8.74. The third-order valence-corrected chi connectivity index (χ3v) is 13.9. The molecule has 0 aliphatic carbocycles. The second-order valence-electron chi connectivity index (χ2n) is 14.9. The zero-order valence-corrected chi connectivity index (χ0v) is 41.0. The van der Waals surface area contributed by atoms with E-state index in [2.05, 4.69) is 15.5 Å². The lowest BCUT2D eigenvalue weighted by molar-refractivity contribution is 0.0533. The normalized spacial score (nSPS) is 12.6. The van der Waals surface area contributed by atoms with Crippen LogP contribution >= 0.6 is 58.8 Å². The number of amides is 1. The first-order valence-corrected chi connectivity index (χ1v) is 22.8. The summed E-state index contributed by atoms with van der Waals surface area (Å²) in [6.07, 6.45) is 2.58. The number of nitrogens with one attached hydrogen (secondary N) is 1. The molecule has 0 saturated carbocycles. The molecule has 0 radical (unpaired) electrons. The van der Waals surface area contributed by atoms with Crippen molar-refractivity contribution < 1.29 is 35.1 Å². The van der Waals surface area contributed by atoms with Gasteiger partial charge in [0, 0.05) is 76.6 Å². The van der Waals surface area contributed by atoms with Gasteiger partial charge in [-0.2, -0.15) is 10.2 Å². The van der Waals surface area contributed by atoms with Gasteiger partial charge in [-0.1, -0.05) is 58.5 Å². The number of alkyl carbamates (subject to hydrolysis) is 1. The Bertz CT molecular complexity index is 2510. The summed E-state index contributed by atoms with van der Waals surface area (Å²) in [7, 11) is -1.56. The summed E-state index contributed by atoms with van der Waals surface area (Å²) in [5.41, 5.74) is 8.90. The van der Waals surface area contributed by atoms with Crippen LogP contribution in [-0.2, 0) is 50.7 Å². The maximum Gasteiger partial charge on any atom is 0.407 e. The molecule has 0 atom stereocenters. The number of carbonyl (C=O) groups excluding carboxylic acids is 1. The van der Waals surface area contributed by atoms with E-state index < -0.39 is 43.4 Å². The van der Waals surface area contributed by atoms with Gasteiger partial charge >= 0.3 is 6.09 Å². The summed E-state index contributed by atoms with van der Waals surface area (Å²) in [6, 6.07) is 9.38. The molecule has 344 valence electrons. The van der Waals surface area contributed by atoms with Gasteiger partial charge in [-0.15, -0.1) is 12.4 Å². The van der Waals surface area contributed by atoms with E-state index in [1.807, 2.05) is 0 Å². The number of halogens is 7. The highest BCUT2D eigenvalue weighted by Crippen LogP contribution is 2.30. The Kier molecular flexibility index (Phi) is 20.4. The van der Waals surface area contributed by atoms with Crippen molar-refractivity contribution in [3.05, 3.63) is 114 Å². The van der Waals surface area contributed by atoms with E-state index in [1.165, 1.54) is 61.8 Å². The van der Waals surface area contributed by atoms with Crippen LogP contribution in [-0.4, -0.2) is 98.0 Å². The van der Waals surface area contributed by atoms with Gasteiger partial charge < -0.3 is 15.8 Å². The predicted molar refractivity (Wildman–Crippen MR) is 243 cm³/mol. The standard InChI is InChI=1S/C22H29Cl2FN4O4S.C17H21Cl2FN4O2S.ClH/c1-14-17(11-15-7-8-19(18(23)12-15)34(31,32)28(5)6)20(24)27-29(14)13-16(25)9-10-26-21(30)33-22(2,3)4;1-11-14(17(19)22-24(11)10-13(20)6-7-21)8-12-4-5-16(15(18)9-12)27(25,26)23(2)3;/h7-9,12H,10-11,13H2,1-6H3,(H,26,30);4-6,9H,7-8,10,21H2,1-3H3;1H/b16-9-;13-6-;. The molecule has 0 saturated heterocycles. The molecular formula is C39H51Cl5F2N8O6S2. The maximum absolute atomic E-state index is 14.4. The quantitative estimate of drug-likeness (QED) is 0.119. The Hall–Kier alpha value is -3.30. The van der Waals surface area contributed by atoms with Gasteiger partial charge in [-0.3, -0.25) is 9.36 Å². The number of hydrogen-bond acceptors (Lipinski definition) is 9. The highest BCUT2D eigenvalue weighted by Gasteiger charge is 2.24. The first kappa shape index (κ1) is 54.8. The van der Waals surface area contributed by atoms with Gasteiger partial charge in [-0.25, -0.2) is 39.0 Å². The molecule has 2 aromatic heterocycles. The Labute approximate surface area is 388 Å². The highest BCUT2D eigenvalue weighted by atomic mass is 35.5. The smallest absolute Gasteiger partial charge is 0.407 e. The van der Waals surface area contributed by atoms with Crippen LogP contribution in [0.4, 0.5) is 13.6 Å². The molecule has 0 aliphatic rings. The number of allylic oxidation sites excluding steroid dienone is 2. The van der Waals surface area contributed by atoms with Crippen LogP contribution in [0.3, 0.4) is 0 Å². The van der Waals surface area contributed by atoms with Crippen molar-refractivity contribution in [3.63, 3.8) is 0 Å². The van der Waals surface area contributed by atoms with Gasteiger partial charge in [0.25, 0.3) is 0 Å². The van der Waals surface area contributed by atoms with Crippen molar-refractivity contribution in [1.82, 2.24) is 33.5 Å². The average Bonchev–Trinajstić information content (AvgIpc) is 3.54. The molecule has 0 spiro atoms. The number of benzene rings is 2. The molecule has 1 amide bonds. The van der Waals surface area contributed by atoms with Gasteiger partial charge in [0.15, 0.2) is 10.3 Å². The minimum Gasteiger partial charge on any atom is -0.444 e. The van der Waals surface area contributed by atoms with Crippen LogP contribution in [0.15, 0.2) is 70.0 Å². The number of aromatic nitrogens is 4. The molecule has 23 heteroatoms. The Balaban J connectivity index is 0.000000430. The van der Waals surface area contributed by atoms with Crippen molar-refractivity contribution in [2.24, 2.45) is 5.73 Å². The van der Waals surface area contributed by atoms with E-state index in [9.17, 15) is 30.4 Å². The monoisotopic (exact) mass is 1000 g/mol. The van der Waals surface area contributed by atoms with Crippen molar-refractivity contribution in [3.8, 4) is 0 Å². The molecule has 2 aromatic carbocycles. The Morgan fingerprint density at radius 2 is 1.16 bits per heavy atom. The molecule has 2 heterocycles. The maximum atomic E-state index is 14.4. The van der Waals surface area contributed by atoms with E-state index >= 15 is 0 Å². The van der Waals surface area contributed by atoms with Crippen LogP contribution < -0.4 is 11.1 Å². The van der Waals surface area contributed by atoms with Crippen molar-refractivity contribution in [2.45, 2.75) is 75.9 Å². The van der Waals surface area contributed by atoms with Crippen LogP contribution in [0.5, 0.6) is 0 Å². The summed E-state index contributed by atoms with van der Waals surface area (Å²) < 4.78 is 87.5. The number of ether oxygens (including phenoxy) is 1. The molecule has 0 bridgehead atoms. The van der Waals surface area contributed by atoms with E-state index in [0.717, 1.165) is 25.3 Å². The van der Waals surface area contributed by atoms with Crippen molar-refractivity contribution in [2.75, 3.05) is 41.3 Å². The number of carbonyl (C=O) groups is 1. The van der Waals surface area contributed by atoms with Crippen LogP contribution in [0.1, 0.15) is 54.4 Å². The van der Waals surface area contributed by atoms with Gasteiger partial charge in [-0.05, 0) is 82.2 Å². The van der Waals surface area contributed by atoms with E-state index in [1.54, 1.807) is 58.9 Å². The SMILES string of the molecule is Cc1c(Cc2ccc(S(=O)(=O)N(C)C)c(Cl)c2)c(Cl)nn1C/C(F)=C/CN.Cc1c(Cc2ccc(S(=O)(=O)N(C)C)c(Cl)c2)c(Cl)nn1C/C(F)=C/CNC(=O)OC(C)(C)C.Cl. The molecule has 62 heavy (non-hydrogen) atoms. The summed E-state index contributed by atoms with van der Waals surface area (Å²) >= 11 is 24.9. The molecule has 14 nitrogen and oxygen atoms in total. The average molecular weight is 1010 g/mol. The number of rotatable bonds is 15. The minimum absolute atomic E-state index is 0. The predicted octanol–water partition coefficient (Wildman–Crippen LogP) is 8.29. The topological polar surface area (TPSA) is 175 Å². The number of sulfonamides is 2. The van der Waals surface area contributed by atoms with Gasteiger partial charge in [0.1, 0.15) is 27.0 Å². The first-order chi connectivity index (χ1) is 28.2. The largest absolute Gasteiger partial charge is 0.444 e. The van der Waals surface area contributed by atoms with E-state index in [0.29, 0.717) is 29.8 Å². The summed E-state index contributed by atoms with van der Waals surface area (Å²) in [5, 5.41) is 11.5. The van der Waals surface area contributed by atoms with Crippen LogP contribution in [0, 0.1) is 13.8 Å². The fourth-order valence-corrected chi connectivity index (χ4v) is 8.89. The number of nitrogens with two attached hydrogens (primary N) is 1. The summed E-state index contributed by atoms with van der Waals surface area (Å²) in [6.45, 7) is 8.60. The second kappa shape index (κ2) is 23.1. The molecule has 4 rings (SSSR count). The lowest BCUT2D eigenvalue weighted by Crippen LogP contribution is -2.32. The molecule has 3 N–H and O–H groups in total. The van der Waals surface area contributed by atoms with E-state index in [4.69, 9.17) is 56.9 Å². The lowest BCUT2D eigenvalue weighted by Gasteiger charge is -2.19. The zero-order valence-electron chi connectivity index (χ0n) is 35.6. The fourth-order valence-electron chi connectivity index (χ4n) is 5.43. The Morgan fingerprint density at radius 3 is 1.50 bits per heavy atom. The molecule has 0 fully saturated rings. The number of hydrogen-bond donors (Lipinski definition) is 2. The Morgan fingerprint density at radius 1 is 0.774 bits per heavy atom. The fraction of sp³-hybridized carbons (Fsp3) is 0.410. The van der Waals surface area contributed by atoms with E-state index in [-0.39, 0.29) is 68.7 Å². The summed E-state index contributed by atoms with van der Waals surface area (Å²) in [5.74, 6) is -0.904. The summed E-state index contributed by atoms with van der Waals surface area (Å²) in [4.78, 5) is 11.7. The lowest BCUT2D eigenvalue weighted by atomic mass is 10.1. The number of nitrogens with zero attached hydrogens (tertiary/aromatic N) is 6. The molecule has 0 aliphatic heterocycles. The molecule has 0 unspecified atom stereocenters. The van der Waals surface area contributed by atoms with Crippen LogP contribution in [0.2, 0.25) is 20.4 Å². The van der Waals surface area contributed by atoms with Crippen LogP contribution in [0.25, 0.3) is 0 Å².